The van der Waals surface area contributed by atoms with Crippen molar-refractivity contribution in [3.63, 3.8) is 0 Å². The van der Waals surface area contributed by atoms with Crippen molar-refractivity contribution in [2.45, 2.75) is 38.4 Å². The van der Waals surface area contributed by atoms with Crippen LogP contribution in [0.1, 0.15) is 36.5 Å². The summed E-state index contributed by atoms with van der Waals surface area (Å²) in [5, 5.41) is 3.47. The van der Waals surface area contributed by atoms with E-state index in [0.717, 1.165) is 12.1 Å². The van der Waals surface area contributed by atoms with Crippen molar-refractivity contribution < 1.29 is 4.79 Å². The molecule has 24 heavy (non-hydrogen) atoms. The summed E-state index contributed by atoms with van der Waals surface area (Å²) in [5.41, 5.74) is 4.57. The van der Waals surface area contributed by atoms with Gasteiger partial charge in [0.25, 0.3) is 0 Å². The first-order chi connectivity index (χ1) is 11.5. The monoisotopic (exact) mass is 338 g/mol. The second kappa shape index (κ2) is 7.22. The van der Waals surface area contributed by atoms with Crippen LogP contribution in [-0.4, -0.2) is 16.3 Å². The van der Waals surface area contributed by atoms with E-state index >= 15 is 0 Å². The Kier molecular flexibility index (Phi) is 5.05. The number of hydrogen-bond donors (Lipinski definition) is 1. The maximum Gasteiger partial charge on any atom is 0.239 e. The number of benzene rings is 2. The van der Waals surface area contributed by atoms with Crippen LogP contribution in [0, 0.1) is 6.92 Å². The van der Waals surface area contributed by atoms with Crippen LogP contribution in [0.4, 0.5) is 5.69 Å². The van der Waals surface area contributed by atoms with Crippen molar-refractivity contribution in [2.75, 3.05) is 0 Å². The number of nitrogens with one attached hydrogen (secondary N) is 1. The van der Waals surface area contributed by atoms with Crippen LogP contribution < -0.4 is 5.32 Å². The van der Waals surface area contributed by atoms with Crippen LogP contribution in [-0.2, 0) is 11.2 Å². The summed E-state index contributed by atoms with van der Waals surface area (Å²) in [4.78, 5) is 16.7. The highest BCUT2D eigenvalue weighted by Crippen LogP contribution is 2.26. The third kappa shape index (κ3) is 4.06. The van der Waals surface area contributed by atoms with E-state index in [2.05, 4.69) is 67.5 Å². The molecule has 3 nitrogen and oxygen atoms in total. The molecule has 1 aliphatic heterocycles. The van der Waals surface area contributed by atoms with Gasteiger partial charge in [-0.15, -0.1) is 0 Å². The van der Waals surface area contributed by atoms with Crippen molar-refractivity contribution in [2.24, 2.45) is 4.99 Å². The average Bonchev–Trinajstić information content (AvgIpc) is 2.89. The third-order valence-corrected chi connectivity index (χ3v) is 5.19. The van der Waals surface area contributed by atoms with Gasteiger partial charge in [-0.2, -0.15) is 0 Å². The lowest BCUT2D eigenvalue weighted by Crippen LogP contribution is -2.25. The summed E-state index contributed by atoms with van der Waals surface area (Å²) in [7, 11) is 0. The number of amides is 1. The highest BCUT2D eigenvalue weighted by Gasteiger charge is 2.30. The van der Waals surface area contributed by atoms with Crippen molar-refractivity contribution in [3.8, 4) is 0 Å². The number of amidine groups is 1. The highest BCUT2D eigenvalue weighted by atomic mass is 32.2. The predicted octanol–water partition coefficient (Wildman–Crippen LogP) is 4.58. The number of aliphatic imine (C=N–C) groups is 1. The van der Waals surface area contributed by atoms with E-state index in [1.165, 1.54) is 28.5 Å². The standard InChI is InChI=1S/C20H22N2OS/c1-13(2)16-8-10-17(11-9-16)21-20-22-19(23)18(24-20)12-15-6-4-14(3)5-7-15/h4-11,13,18H,12H2,1-3H3,(H,21,22,23). The Morgan fingerprint density at radius 1 is 1.08 bits per heavy atom. The molecule has 1 fully saturated rings. The Bertz CT molecular complexity index is 748. The number of hydrogen-bond acceptors (Lipinski definition) is 3. The second-order valence-corrected chi connectivity index (χ2v) is 7.64. The van der Waals surface area contributed by atoms with Gasteiger partial charge in [0.2, 0.25) is 5.91 Å². The number of nitrogens with zero attached hydrogens (tertiary/aromatic N) is 1. The Labute approximate surface area is 147 Å². The van der Waals surface area contributed by atoms with E-state index in [1.807, 2.05) is 12.1 Å². The van der Waals surface area contributed by atoms with Crippen LogP contribution in [0.5, 0.6) is 0 Å². The minimum absolute atomic E-state index is 0.0399. The molecule has 2 aromatic rings. The van der Waals surface area contributed by atoms with Crippen LogP contribution in [0.25, 0.3) is 0 Å². The van der Waals surface area contributed by atoms with Crippen molar-refractivity contribution in [1.29, 1.82) is 0 Å². The molecule has 1 heterocycles. The topological polar surface area (TPSA) is 41.5 Å². The molecule has 0 aromatic heterocycles. The fourth-order valence-electron chi connectivity index (χ4n) is 2.58. The molecule has 0 bridgehead atoms. The van der Waals surface area contributed by atoms with Gasteiger partial charge in [0, 0.05) is 0 Å². The zero-order valence-corrected chi connectivity index (χ0v) is 15.1. The smallest absolute Gasteiger partial charge is 0.239 e. The first-order valence-electron chi connectivity index (χ1n) is 8.23. The zero-order valence-electron chi connectivity index (χ0n) is 14.2. The normalized spacial score (nSPS) is 19.1. The maximum absolute atomic E-state index is 12.2. The van der Waals surface area contributed by atoms with Gasteiger partial charge in [0.1, 0.15) is 0 Å². The molecule has 1 N–H and O–H groups in total. The number of carbonyl (C=O) groups excluding carboxylic acids is 1. The average molecular weight is 338 g/mol. The molecular weight excluding hydrogens is 316 g/mol. The summed E-state index contributed by atoms with van der Waals surface area (Å²) in [6.45, 7) is 6.41. The van der Waals surface area contributed by atoms with Gasteiger partial charge >= 0.3 is 0 Å². The minimum atomic E-state index is -0.110. The van der Waals surface area contributed by atoms with E-state index in [0.29, 0.717) is 11.1 Å². The van der Waals surface area contributed by atoms with Gasteiger partial charge in [0.15, 0.2) is 5.17 Å². The number of thioether (sulfide) groups is 1. The molecule has 3 rings (SSSR count). The van der Waals surface area contributed by atoms with Crippen molar-refractivity contribution >= 4 is 28.5 Å². The molecule has 0 spiro atoms. The van der Waals surface area contributed by atoms with Crippen molar-refractivity contribution in [3.05, 3.63) is 65.2 Å². The van der Waals surface area contributed by atoms with E-state index in [9.17, 15) is 4.79 Å². The Morgan fingerprint density at radius 2 is 1.75 bits per heavy atom. The Morgan fingerprint density at radius 3 is 2.38 bits per heavy atom. The molecule has 1 amide bonds. The lowest BCUT2D eigenvalue weighted by atomic mass is 10.0. The molecule has 4 heteroatoms. The van der Waals surface area contributed by atoms with Crippen molar-refractivity contribution in [1.82, 2.24) is 5.32 Å². The molecule has 1 unspecified atom stereocenters. The van der Waals surface area contributed by atoms with Gasteiger partial charge in [0.05, 0.1) is 10.9 Å². The first kappa shape index (κ1) is 16.8. The van der Waals surface area contributed by atoms with E-state index < -0.39 is 0 Å². The third-order valence-electron chi connectivity index (χ3n) is 4.11. The largest absolute Gasteiger partial charge is 0.304 e. The summed E-state index contributed by atoms with van der Waals surface area (Å²) in [5.74, 6) is 0.546. The van der Waals surface area contributed by atoms with E-state index in [-0.39, 0.29) is 11.2 Å². The lowest BCUT2D eigenvalue weighted by molar-refractivity contribution is -0.118. The fourth-order valence-corrected chi connectivity index (χ4v) is 3.61. The van der Waals surface area contributed by atoms with Crippen LogP contribution in [0.3, 0.4) is 0 Å². The van der Waals surface area contributed by atoms with Gasteiger partial charge in [-0.3, -0.25) is 4.79 Å². The first-order valence-corrected chi connectivity index (χ1v) is 9.11. The number of carbonyl (C=O) groups is 1. The van der Waals surface area contributed by atoms with Gasteiger partial charge in [-0.1, -0.05) is 67.6 Å². The summed E-state index contributed by atoms with van der Waals surface area (Å²) in [6, 6.07) is 16.5. The summed E-state index contributed by atoms with van der Waals surface area (Å²) >= 11 is 1.51. The Balaban J connectivity index is 1.68. The van der Waals surface area contributed by atoms with Gasteiger partial charge in [-0.25, -0.2) is 4.99 Å². The molecule has 1 saturated heterocycles. The Hall–Kier alpha value is -2.07. The summed E-state index contributed by atoms with van der Waals surface area (Å²) < 4.78 is 0. The minimum Gasteiger partial charge on any atom is -0.304 e. The quantitative estimate of drug-likeness (QED) is 0.886. The SMILES string of the molecule is Cc1ccc(CC2SC(=Nc3ccc(C(C)C)cc3)NC2=O)cc1. The van der Waals surface area contributed by atoms with Crippen LogP contribution >= 0.6 is 11.8 Å². The number of aryl methyl sites for hydroxylation is 1. The van der Waals surface area contributed by atoms with E-state index in [4.69, 9.17) is 0 Å². The summed E-state index contributed by atoms with van der Waals surface area (Å²) in [6.07, 6.45) is 0.724. The molecule has 0 radical (unpaired) electrons. The number of rotatable bonds is 4. The van der Waals surface area contributed by atoms with Gasteiger partial charge in [-0.05, 0) is 42.5 Å². The fraction of sp³-hybridized carbons (Fsp3) is 0.300. The van der Waals surface area contributed by atoms with Crippen LogP contribution in [0.2, 0.25) is 0 Å². The van der Waals surface area contributed by atoms with Gasteiger partial charge < -0.3 is 5.32 Å². The molecule has 0 saturated carbocycles. The maximum atomic E-state index is 12.2. The molecular formula is C20H22N2OS. The second-order valence-electron chi connectivity index (χ2n) is 6.45. The van der Waals surface area contributed by atoms with E-state index in [1.54, 1.807) is 0 Å². The molecule has 124 valence electrons. The lowest BCUT2D eigenvalue weighted by Gasteiger charge is -2.06. The molecule has 1 aliphatic rings. The molecule has 0 aliphatic carbocycles. The highest BCUT2D eigenvalue weighted by molar-refractivity contribution is 8.15. The molecule has 2 aromatic carbocycles. The van der Waals surface area contributed by atoms with Crippen LogP contribution in [0.15, 0.2) is 53.5 Å². The zero-order chi connectivity index (χ0) is 17.1. The predicted molar refractivity (Wildman–Crippen MR) is 102 cm³/mol. The molecule has 1 atom stereocenters.